The van der Waals surface area contributed by atoms with Crippen LogP contribution in [0.5, 0.6) is 0 Å². The van der Waals surface area contributed by atoms with E-state index in [2.05, 4.69) is 20.1 Å². The largest absolute Gasteiger partial charge is 0.356 e. The maximum Gasteiger partial charge on any atom is 0.219 e. The zero-order valence-corrected chi connectivity index (χ0v) is 18.9. The minimum atomic E-state index is -0.249. The number of halogens is 1. The molecular weight excluding hydrogens is 425 g/mol. The molecule has 0 spiro atoms. The summed E-state index contributed by atoms with van der Waals surface area (Å²) in [5.41, 5.74) is 3.55. The van der Waals surface area contributed by atoms with Gasteiger partial charge in [-0.3, -0.25) is 4.79 Å². The molecule has 32 heavy (non-hydrogen) atoms. The van der Waals surface area contributed by atoms with Gasteiger partial charge in [-0.25, -0.2) is 9.37 Å². The van der Waals surface area contributed by atoms with Gasteiger partial charge in [0, 0.05) is 30.6 Å². The molecule has 6 nitrogen and oxygen atoms in total. The van der Waals surface area contributed by atoms with Crippen molar-refractivity contribution in [1.29, 1.82) is 0 Å². The summed E-state index contributed by atoms with van der Waals surface area (Å²) in [5, 5.41) is 13.3. The van der Waals surface area contributed by atoms with E-state index in [0.29, 0.717) is 18.1 Å². The Bertz CT molecular complexity index is 1210. The summed E-state index contributed by atoms with van der Waals surface area (Å²) in [6.07, 6.45) is 3.24. The Morgan fingerprint density at radius 1 is 1.09 bits per heavy atom. The van der Waals surface area contributed by atoms with E-state index in [9.17, 15) is 9.18 Å². The molecule has 2 aromatic carbocycles. The van der Waals surface area contributed by atoms with Crippen LogP contribution in [0.3, 0.4) is 0 Å². The number of benzene rings is 2. The summed E-state index contributed by atoms with van der Waals surface area (Å²) in [4.78, 5) is 16.5. The number of thioether (sulfide) groups is 1. The van der Waals surface area contributed by atoms with Crippen LogP contribution in [-0.4, -0.2) is 38.0 Å². The normalized spacial score (nSPS) is 11.3. The summed E-state index contributed by atoms with van der Waals surface area (Å²) in [7, 11) is 0. The fourth-order valence-corrected chi connectivity index (χ4v) is 4.37. The summed E-state index contributed by atoms with van der Waals surface area (Å²) in [6.45, 7) is 3.35. The zero-order chi connectivity index (χ0) is 22.3. The lowest BCUT2D eigenvalue weighted by atomic mass is 10.2. The van der Waals surface area contributed by atoms with Gasteiger partial charge in [-0.2, -0.15) is 0 Å². The molecule has 0 aliphatic carbocycles. The molecule has 166 valence electrons. The van der Waals surface area contributed by atoms with Crippen LogP contribution < -0.4 is 5.32 Å². The van der Waals surface area contributed by atoms with E-state index in [1.807, 2.05) is 31.2 Å². The smallest absolute Gasteiger partial charge is 0.219 e. The van der Waals surface area contributed by atoms with E-state index in [4.69, 9.17) is 4.98 Å². The fraction of sp³-hybridized carbons (Fsp3) is 0.333. The van der Waals surface area contributed by atoms with Gasteiger partial charge in [-0.1, -0.05) is 49.0 Å². The number of nitrogens with one attached hydrogen (secondary N) is 1. The molecule has 0 saturated heterocycles. The molecule has 0 aliphatic heterocycles. The van der Waals surface area contributed by atoms with Crippen LogP contribution in [0.25, 0.3) is 22.1 Å². The van der Waals surface area contributed by atoms with E-state index in [0.717, 1.165) is 59.2 Å². The molecule has 4 rings (SSSR count). The number of fused-ring (bicyclic) bond motifs is 3. The molecule has 0 aliphatic rings. The van der Waals surface area contributed by atoms with Crippen molar-refractivity contribution in [3.05, 3.63) is 59.9 Å². The van der Waals surface area contributed by atoms with E-state index in [1.54, 1.807) is 23.9 Å². The fourth-order valence-electron chi connectivity index (χ4n) is 3.59. The monoisotopic (exact) mass is 451 g/mol. The lowest BCUT2D eigenvalue weighted by Gasteiger charge is -2.07. The average molecular weight is 452 g/mol. The molecule has 0 radical (unpaired) electrons. The van der Waals surface area contributed by atoms with Crippen molar-refractivity contribution in [3.8, 4) is 0 Å². The second-order valence-corrected chi connectivity index (χ2v) is 8.71. The number of para-hydroxylation sites is 1. The molecule has 1 N–H and O–H groups in total. The average Bonchev–Trinajstić information content (AvgIpc) is 3.12. The number of rotatable bonds is 10. The van der Waals surface area contributed by atoms with Crippen LogP contribution in [0.1, 0.15) is 38.2 Å². The number of unbranched alkanes of at least 4 members (excludes halogenated alkanes) is 1. The third-order valence-electron chi connectivity index (χ3n) is 5.21. The molecule has 2 heterocycles. The number of carbonyl (C=O) groups excluding carboxylic acids is 1. The number of aromatic nitrogens is 4. The van der Waals surface area contributed by atoms with E-state index < -0.39 is 0 Å². The molecular formula is C24H26FN5OS. The minimum absolute atomic E-state index is 0.112. The lowest BCUT2D eigenvalue weighted by molar-refractivity contribution is -0.121. The molecule has 4 aromatic rings. The highest BCUT2D eigenvalue weighted by atomic mass is 32.2. The summed E-state index contributed by atoms with van der Waals surface area (Å²) >= 11 is 1.55. The van der Waals surface area contributed by atoms with Gasteiger partial charge in [0.05, 0.1) is 5.52 Å². The molecule has 8 heteroatoms. The third-order valence-corrected chi connectivity index (χ3v) is 6.13. The third kappa shape index (κ3) is 5.24. The summed E-state index contributed by atoms with van der Waals surface area (Å²) < 4.78 is 15.4. The highest BCUT2D eigenvalue weighted by Gasteiger charge is 2.15. The van der Waals surface area contributed by atoms with Crippen molar-refractivity contribution in [2.75, 3.05) is 12.3 Å². The van der Waals surface area contributed by atoms with Crippen molar-refractivity contribution in [3.63, 3.8) is 0 Å². The highest BCUT2D eigenvalue weighted by molar-refractivity contribution is 7.99. The first kappa shape index (κ1) is 22.2. The maximum atomic E-state index is 13.3. The van der Waals surface area contributed by atoms with Gasteiger partial charge >= 0.3 is 0 Å². The summed E-state index contributed by atoms with van der Waals surface area (Å²) in [5.74, 6) is 0.690. The van der Waals surface area contributed by atoms with E-state index in [1.165, 1.54) is 12.1 Å². The highest BCUT2D eigenvalue weighted by Crippen LogP contribution is 2.28. The number of hydrogen-bond acceptors (Lipinski definition) is 5. The van der Waals surface area contributed by atoms with Gasteiger partial charge in [0.15, 0.2) is 5.65 Å². The predicted octanol–water partition coefficient (Wildman–Crippen LogP) is 4.96. The quantitative estimate of drug-likeness (QED) is 0.273. The van der Waals surface area contributed by atoms with E-state index >= 15 is 0 Å². The lowest BCUT2D eigenvalue weighted by Crippen LogP contribution is -2.23. The topological polar surface area (TPSA) is 72.7 Å². The Hall–Kier alpha value is -3.00. The van der Waals surface area contributed by atoms with Crippen LogP contribution in [0.15, 0.2) is 53.7 Å². The van der Waals surface area contributed by atoms with Crippen molar-refractivity contribution in [2.45, 2.75) is 44.3 Å². The zero-order valence-electron chi connectivity index (χ0n) is 18.1. The predicted molar refractivity (Wildman–Crippen MR) is 126 cm³/mol. The molecule has 0 fully saturated rings. The molecule has 0 saturated carbocycles. The van der Waals surface area contributed by atoms with Gasteiger partial charge in [0.2, 0.25) is 11.1 Å². The van der Waals surface area contributed by atoms with E-state index in [-0.39, 0.29) is 11.7 Å². The van der Waals surface area contributed by atoms with Crippen LogP contribution in [0.2, 0.25) is 0 Å². The molecule has 0 atom stereocenters. The van der Waals surface area contributed by atoms with Gasteiger partial charge in [0.25, 0.3) is 0 Å². The molecule has 2 aromatic heterocycles. The van der Waals surface area contributed by atoms with Gasteiger partial charge < -0.3 is 9.88 Å². The van der Waals surface area contributed by atoms with Crippen molar-refractivity contribution >= 4 is 39.7 Å². The Labute approximate surface area is 190 Å². The minimum Gasteiger partial charge on any atom is -0.356 e. The van der Waals surface area contributed by atoms with Crippen LogP contribution >= 0.6 is 11.8 Å². The standard InChI is InChI=1S/C24H26FN5OS/c1-2-14-26-21(31)9-5-6-15-32-24-27-23-22(28-29-24)19-7-3-4-8-20(19)30(23)16-17-10-12-18(25)13-11-17/h3-4,7-8,10-13H,2,5-6,9,14-16H2,1H3,(H,26,31). The second kappa shape index (κ2) is 10.5. The van der Waals surface area contributed by atoms with Crippen molar-refractivity contribution in [2.24, 2.45) is 0 Å². The van der Waals surface area contributed by atoms with Gasteiger partial charge in [-0.05, 0) is 43.0 Å². The number of hydrogen-bond donors (Lipinski definition) is 1. The first-order chi connectivity index (χ1) is 15.7. The Kier molecular flexibility index (Phi) is 7.32. The molecule has 0 bridgehead atoms. The summed E-state index contributed by atoms with van der Waals surface area (Å²) in [6, 6.07) is 14.5. The van der Waals surface area contributed by atoms with Gasteiger partial charge in [0.1, 0.15) is 11.3 Å². The molecule has 0 unspecified atom stereocenters. The Morgan fingerprint density at radius 2 is 1.91 bits per heavy atom. The van der Waals surface area contributed by atoms with Crippen LogP contribution in [-0.2, 0) is 11.3 Å². The Balaban J connectivity index is 1.49. The SMILES string of the molecule is CCCNC(=O)CCCCSc1nnc2c3ccccc3n(Cc3ccc(F)cc3)c2n1. The number of carbonyl (C=O) groups is 1. The second-order valence-electron chi connectivity index (χ2n) is 7.65. The Morgan fingerprint density at radius 3 is 2.72 bits per heavy atom. The number of amides is 1. The van der Waals surface area contributed by atoms with Crippen molar-refractivity contribution in [1.82, 2.24) is 25.1 Å². The maximum absolute atomic E-state index is 13.3. The van der Waals surface area contributed by atoms with Crippen LogP contribution in [0.4, 0.5) is 4.39 Å². The van der Waals surface area contributed by atoms with Crippen LogP contribution in [0, 0.1) is 5.82 Å². The first-order valence-corrected chi connectivity index (χ1v) is 11.9. The first-order valence-electron chi connectivity index (χ1n) is 10.9. The van der Waals surface area contributed by atoms with Gasteiger partial charge in [-0.15, -0.1) is 10.2 Å². The number of nitrogens with zero attached hydrogens (tertiary/aromatic N) is 4. The molecule has 1 amide bonds. The van der Waals surface area contributed by atoms with Crippen molar-refractivity contribution < 1.29 is 9.18 Å².